The summed E-state index contributed by atoms with van der Waals surface area (Å²) in [5.41, 5.74) is 0.0433. The fourth-order valence-corrected chi connectivity index (χ4v) is 2.33. The van der Waals surface area contributed by atoms with Gasteiger partial charge in [0, 0.05) is 0 Å². The van der Waals surface area contributed by atoms with Crippen molar-refractivity contribution in [3.8, 4) is 0 Å². The Morgan fingerprint density at radius 3 is 2.38 bits per heavy atom. The predicted octanol–water partition coefficient (Wildman–Crippen LogP) is 4.86. The first kappa shape index (κ1) is 13.8. The molecule has 0 radical (unpaired) electrons. The van der Waals surface area contributed by atoms with Crippen molar-refractivity contribution in [3.63, 3.8) is 0 Å². The minimum atomic E-state index is 0.0433. The molecule has 94 valence electrons. The van der Waals surface area contributed by atoms with E-state index in [0.717, 1.165) is 13.0 Å². The molecule has 0 saturated carbocycles. The van der Waals surface area contributed by atoms with Crippen molar-refractivity contribution in [2.75, 3.05) is 6.61 Å². The number of hydrogen-bond donors (Lipinski definition) is 0. The average molecular weight is 224 g/mol. The summed E-state index contributed by atoms with van der Waals surface area (Å²) >= 11 is 0. The number of rotatable bonds is 8. The molecular weight excluding hydrogens is 196 g/mol. The Morgan fingerprint density at radius 2 is 1.75 bits per heavy atom. The van der Waals surface area contributed by atoms with Crippen LogP contribution in [-0.4, -0.2) is 12.2 Å². The minimum absolute atomic E-state index is 0.0433. The third-order valence-electron chi connectivity index (χ3n) is 3.46. The zero-order valence-corrected chi connectivity index (χ0v) is 11.1. The molecule has 0 aliphatic carbocycles. The monoisotopic (exact) mass is 224 g/mol. The van der Waals surface area contributed by atoms with E-state index in [2.05, 4.69) is 26.0 Å². The van der Waals surface area contributed by atoms with Gasteiger partial charge in [0.25, 0.3) is 0 Å². The summed E-state index contributed by atoms with van der Waals surface area (Å²) in [6.07, 6.45) is 16.5. The van der Waals surface area contributed by atoms with Gasteiger partial charge in [-0.2, -0.15) is 0 Å². The average Bonchev–Trinajstić information content (AvgIpc) is 2.29. The first-order valence-corrected chi connectivity index (χ1v) is 7.08. The zero-order valence-electron chi connectivity index (χ0n) is 11.1. The molecule has 1 heterocycles. The Bertz CT molecular complexity index is 198. The maximum atomic E-state index is 5.82. The lowest BCUT2D eigenvalue weighted by atomic mass is 9.95. The first-order valence-electron chi connectivity index (χ1n) is 7.08. The SMILES string of the molecule is CCCCCCCCCC1(C)C=CCCO1. The standard InChI is InChI=1S/C15H28O/c1-3-4-5-6-7-8-9-12-15(2)13-10-11-14-16-15/h10,13H,3-9,11-12,14H2,1-2H3. The third-order valence-corrected chi connectivity index (χ3v) is 3.46. The second-order valence-corrected chi connectivity index (χ2v) is 5.22. The molecule has 0 spiro atoms. The van der Waals surface area contributed by atoms with Crippen LogP contribution in [0, 0.1) is 0 Å². The first-order chi connectivity index (χ1) is 7.77. The predicted molar refractivity (Wildman–Crippen MR) is 70.7 cm³/mol. The Kier molecular flexibility index (Phi) is 6.79. The molecule has 1 heteroatoms. The summed E-state index contributed by atoms with van der Waals surface area (Å²) < 4.78 is 5.82. The van der Waals surface area contributed by atoms with Gasteiger partial charge in [-0.25, -0.2) is 0 Å². The molecule has 0 fully saturated rings. The summed E-state index contributed by atoms with van der Waals surface area (Å²) in [5.74, 6) is 0. The normalized spacial score (nSPS) is 24.9. The van der Waals surface area contributed by atoms with Crippen molar-refractivity contribution in [1.29, 1.82) is 0 Å². The van der Waals surface area contributed by atoms with Crippen LogP contribution in [0.5, 0.6) is 0 Å². The summed E-state index contributed by atoms with van der Waals surface area (Å²) in [5, 5.41) is 0. The molecule has 1 unspecified atom stereocenters. The molecule has 0 bridgehead atoms. The van der Waals surface area contributed by atoms with Gasteiger partial charge >= 0.3 is 0 Å². The topological polar surface area (TPSA) is 9.23 Å². The maximum Gasteiger partial charge on any atom is 0.0834 e. The highest BCUT2D eigenvalue weighted by Gasteiger charge is 2.22. The third kappa shape index (κ3) is 5.69. The van der Waals surface area contributed by atoms with Gasteiger partial charge < -0.3 is 4.74 Å². The lowest BCUT2D eigenvalue weighted by Crippen LogP contribution is -2.28. The molecule has 0 aromatic rings. The molecule has 16 heavy (non-hydrogen) atoms. The van der Waals surface area contributed by atoms with Gasteiger partial charge in [0.1, 0.15) is 0 Å². The van der Waals surface area contributed by atoms with Gasteiger partial charge in [0.2, 0.25) is 0 Å². The second-order valence-electron chi connectivity index (χ2n) is 5.22. The van der Waals surface area contributed by atoms with Crippen LogP contribution in [0.3, 0.4) is 0 Å². The van der Waals surface area contributed by atoms with E-state index in [1.807, 2.05) is 0 Å². The van der Waals surface area contributed by atoms with E-state index in [1.54, 1.807) is 0 Å². The summed E-state index contributed by atoms with van der Waals surface area (Å²) in [4.78, 5) is 0. The number of ether oxygens (including phenoxy) is 1. The van der Waals surface area contributed by atoms with Crippen LogP contribution >= 0.6 is 0 Å². The van der Waals surface area contributed by atoms with Crippen LogP contribution in [-0.2, 0) is 4.74 Å². The zero-order chi connectivity index (χ0) is 11.7. The fraction of sp³-hybridized carbons (Fsp3) is 0.867. The Balaban J connectivity index is 1.98. The van der Waals surface area contributed by atoms with Crippen molar-refractivity contribution in [2.45, 2.75) is 77.2 Å². The Hall–Kier alpha value is -0.300. The molecule has 0 aromatic carbocycles. The lowest BCUT2D eigenvalue weighted by molar-refractivity contribution is -0.00774. The Morgan fingerprint density at radius 1 is 1.06 bits per heavy atom. The molecule has 0 aromatic heterocycles. The molecule has 0 amide bonds. The van der Waals surface area contributed by atoms with E-state index < -0.39 is 0 Å². The molecule has 1 nitrogen and oxygen atoms in total. The van der Waals surface area contributed by atoms with Crippen LogP contribution in [0.4, 0.5) is 0 Å². The summed E-state index contributed by atoms with van der Waals surface area (Å²) in [6.45, 7) is 5.40. The fourth-order valence-electron chi connectivity index (χ4n) is 2.33. The van der Waals surface area contributed by atoms with Gasteiger partial charge in [-0.15, -0.1) is 0 Å². The lowest BCUT2D eigenvalue weighted by Gasteiger charge is -2.29. The second kappa shape index (κ2) is 7.89. The van der Waals surface area contributed by atoms with Crippen molar-refractivity contribution in [2.24, 2.45) is 0 Å². The number of unbranched alkanes of at least 4 members (excludes halogenated alkanes) is 6. The molecule has 1 aliphatic heterocycles. The highest BCUT2D eigenvalue weighted by molar-refractivity contribution is 5.02. The number of hydrogen-bond acceptors (Lipinski definition) is 1. The van der Waals surface area contributed by atoms with Crippen LogP contribution in [0.15, 0.2) is 12.2 Å². The molecule has 1 aliphatic rings. The maximum absolute atomic E-state index is 5.82. The van der Waals surface area contributed by atoms with E-state index in [9.17, 15) is 0 Å². The smallest absolute Gasteiger partial charge is 0.0834 e. The van der Waals surface area contributed by atoms with Crippen LogP contribution in [0.25, 0.3) is 0 Å². The van der Waals surface area contributed by atoms with Gasteiger partial charge in [-0.3, -0.25) is 0 Å². The van der Waals surface area contributed by atoms with Crippen molar-refractivity contribution < 1.29 is 4.74 Å². The van der Waals surface area contributed by atoms with Gasteiger partial charge in [-0.05, 0) is 19.8 Å². The summed E-state index contributed by atoms with van der Waals surface area (Å²) in [6, 6.07) is 0. The van der Waals surface area contributed by atoms with Gasteiger partial charge in [0.05, 0.1) is 12.2 Å². The van der Waals surface area contributed by atoms with Crippen LogP contribution in [0.1, 0.15) is 71.6 Å². The highest BCUT2D eigenvalue weighted by atomic mass is 16.5. The van der Waals surface area contributed by atoms with E-state index >= 15 is 0 Å². The van der Waals surface area contributed by atoms with Gasteiger partial charge in [-0.1, -0.05) is 64.0 Å². The molecule has 1 atom stereocenters. The summed E-state index contributed by atoms with van der Waals surface area (Å²) in [7, 11) is 0. The van der Waals surface area contributed by atoms with E-state index in [1.165, 1.54) is 51.4 Å². The van der Waals surface area contributed by atoms with Crippen molar-refractivity contribution in [3.05, 3.63) is 12.2 Å². The highest BCUT2D eigenvalue weighted by Crippen LogP contribution is 2.24. The van der Waals surface area contributed by atoms with E-state index in [-0.39, 0.29) is 5.60 Å². The van der Waals surface area contributed by atoms with E-state index in [0.29, 0.717) is 0 Å². The minimum Gasteiger partial charge on any atom is -0.371 e. The Labute approximate surface area is 101 Å². The van der Waals surface area contributed by atoms with Crippen molar-refractivity contribution in [1.82, 2.24) is 0 Å². The molecular formula is C15H28O. The largest absolute Gasteiger partial charge is 0.371 e. The van der Waals surface area contributed by atoms with Crippen molar-refractivity contribution >= 4 is 0 Å². The molecule has 1 rings (SSSR count). The van der Waals surface area contributed by atoms with Gasteiger partial charge in [0.15, 0.2) is 0 Å². The van der Waals surface area contributed by atoms with Crippen LogP contribution < -0.4 is 0 Å². The van der Waals surface area contributed by atoms with E-state index in [4.69, 9.17) is 4.74 Å². The van der Waals surface area contributed by atoms with Crippen LogP contribution in [0.2, 0.25) is 0 Å². The molecule has 0 saturated heterocycles. The quantitative estimate of drug-likeness (QED) is 0.422. The molecule has 0 N–H and O–H groups in total.